The van der Waals surface area contributed by atoms with Crippen molar-refractivity contribution in [1.82, 2.24) is 0 Å². The fourth-order valence-electron chi connectivity index (χ4n) is 3.21. The van der Waals surface area contributed by atoms with Crippen LogP contribution in [-0.2, 0) is 4.79 Å². The summed E-state index contributed by atoms with van der Waals surface area (Å²) in [5, 5.41) is 3.07. The van der Waals surface area contributed by atoms with E-state index >= 15 is 0 Å². The van der Waals surface area contributed by atoms with Crippen molar-refractivity contribution in [1.29, 1.82) is 0 Å². The number of carbonyl (C=O) groups is 1. The van der Waals surface area contributed by atoms with E-state index in [9.17, 15) is 4.79 Å². The molecule has 1 fully saturated rings. The molecule has 18 heavy (non-hydrogen) atoms. The fourth-order valence-corrected chi connectivity index (χ4v) is 3.70. The Bertz CT molecular complexity index is 513. The van der Waals surface area contributed by atoms with E-state index in [0.29, 0.717) is 0 Å². The Kier molecular flexibility index (Phi) is 2.80. The average Bonchev–Trinajstić information content (AvgIpc) is 2.27. The van der Waals surface area contributed by atoms with Crippen LogP contribution < -0.4 is 10.2 Å². The molecule has 1 atom stereocenters. The lowest BCUT2D eigenvalue weighted by atomic mass is 9.75. The number of fused-ring (bicyclic) bond motifs is 3. The molecular weight excluding hydrogens is 339 g/mol. The van der Waals surface area contributed by atoms with Gasteiger partial charge in [0.2, 0.25) is 5.91 Å². The van der Waals surface area contributed by atoms with Crippen molar-refractivity contribution in [2.75, 3.05) is 16.8 Å². The second kappa shape index (κ2) is 4.11. The number of benzene rings is 1. The van der Waals surface area contributed by atoms with Gasteiger partial charge in [-0.1, -0.05) is 13.8 Å². The van der Waals surface area contributed by atoms with Crippen LogP contribution in [0, 0.1) is 8.99 Å². The standard InChI is InChI=1S/C14H17IN2O/c1-14(2)6-3-7-17-11-5-4-9(15)8-10(11)16-13(18)12(14)17/h4-5,8,12H,3,6-7H2,1-2H3,(H,16,18). The lowest BCUT2D eigenvalue weighted by Gasteiger charge is -2.49. The van der Waals surface area contributed by atoms with Gasteiger partial charge < -0.3 is 10.2 Å². The third kappa shape index (κ3) is 1.81. The molecule has 1 saturated heterocycles. The van der Waals surface area contributed by atoms with Crippen molar-refractivity contribution in [2.45, 2.75) is 32.7 Å². The van der Waals surface area contributed by atoms with Gasteiger partial charge >= 0.3 is 0 Å². The summed E-state index contributed by atoms with van der Waals surface area (Å²) < 4.78 is 1.15. The summed E-state index contributed by atoms with van der Waals surface area (Å²) in [6.07, 6.45) is 2.27. The molecule has 2 aliphatic rings. The van der Waals surface area contributed by atoms with Crippen LogP contribution in [0.25, 0.3) is 0 Å². The maximum absolute atomic E-state index is 12.4. The molecule has 0 aliphatic carbocycles. The Labute approximate surface area is 121 Å². The minimum Gasteiger partial charge on any atom is -0.357 e. The molecule has 96 valence electrons. The van der Waals surface area contributed by atoms with E-state index in [4.69, 9.17) is 0 Å². The number of amides is 1. The molecule has 0 spiro atoms. The zero-order valence-electron chi connectivity index (χ0n) is 10.7. The highest BCUT2D eigenvalue weighted by Gasteiger charge is 2.45. The number of piperidine rings is 1. The third-order valence-corrected chi connectivity index (χ3v) is 4.72. The van der Waals surface area contributed by atoms with Crippen LogP contribution in [-0.4, -0.2) is 18.5 Å². The van der Waals surface area contributed by atoms with Gasteiger partial charge in [-0.25, -0.2) is 0 Å². The molecule has 1 unspecified atom stereocenters. The van der Waals surface area contributed by atoms with Gasteiger partial charge in [-0.3, -0.25) is 4.79 Å². The topological polar surface area (TPSA) is 32.3 Å². The number of nitrogens with one attached hydrogen (secondary N) is 1. The SMILES string of the molecule is CC1(C)CCCN2c3ccc(I)cc3NC(=O)C21. The van der Waals surface area contributed by atoms with Crippen LogP contribution in [0.2, 0.25) is 0 Å². The van der Waals surface area contributed by atoms with E-state index in [-0.39, 0.29) is 17.4 Å². The minimum absolute atomic E-state index is 0.0289. The maximum Gasteiger partial charge on any atom is 0.247 e. The highest BCUT2D eigenvalue weighted by molar-refractivity contribution is 14.1. The number of rotatable bonds is 0. The number of halogens is 1. The molecule has 0 bridgehead atoms. The molecule has 2 heterocycles. The van der Waals surface area contributed by atoms with Gasteiger partial charge in [0.05, 0.1) is 11.4 Å². The molecule has 1 N–H and O–H groups in total. The quantitative estimate of drug-likeness (QED) is 0.724. The molecule has 0 radical (unpaired) electrons. The fraction of sp³-hybridized carbons (Fsp3) is 0.500. The molecule has 0 saturated carbocycles. The lowest BCUT2D eigenvalue weighted by molar-refractivity contribution is -0.120. The molecule has 3 rings (SSSR count). The van der Waals surface area contributed by atoms with E-state index in [1.165, 1.54) is 5.69 Å². The van der Waals surface area contributed by atoms with E-state index in [2.05, 4.69) is 58.8 Å². The van der Waals surface area contributed by atoms with Gasteiger partial charge in [0.1, 0.15) is 6.04 Å². The van der Waals surface area contributed by atoms with Crippen LogP contribution in [0.4, 0.5) is 11.4 Å². The first-order valence-electron chi connectivity index (χ1n) is 6.36. The van der Waals surface area contributed by atoms with Crippen molar-refractivity contribution >= 4 is 39.9 Å². The van der Waals surface area contributed by atoms with Gasteiger partial charge in [0, 0.05) is 10.1 Å². The van der Waals surface area contributed by atoms with Gasteiger partial charge in [0.25, 0.3) is 0 Å². The molecular formula is C14H17IN2O. The van der Waals surface area contributed by atoms with Crippen LogP contribution >= 0.6 is 22.6 Å². The van der Waals surface area contributed by atoms with Gasteiger partial charge in [-0.15, -0.1) is 0 Å². The van der Waals surface area contributed by atoms with Crippen LogP contribution in [0.3, 0.4) is 0 Å². The molecule has 0 aromatic heterocycles. The largest absolute Gasteiger partial charge is 0.357 e. The smallest absolute Gasteiger partial charge is 0.247 e. The molecule has 1 aromatic rings. The second-order valence-corrected chi connectivity index (χ2v) is 7.08. The zero-order chi connectivity index (χ0) is 12.9. The van der Waals surface area contributed by atoms with Crippen LogP contribution in [0.1, 0.15) is 26.7 Å². The first kappa shape index (κ1) is 12.3. The normalized spacial score (nSPS) is 25.2. The molecule has 1 aromatic carbocycles. The number of hydrogen-bond acceptors (Lipinski definition) is 2. The Morgan fingerprint density at radius 3 is 3.00 bits per heavy atom. The van der Waals surface area contributed by atoms with Gasteiger partial charge in [-0.05, 0) is 59.0 Å². The Morgan fingerprint density at radius 1 is 1.44 bits per heavy atom. The summed E-state index contributed by atoms with van der Waals surface area (Å²) in [5.74, 6) is 0.147. The van der Waals surface area contributed by atoms with Crippen molar-refractivity contribution < 1.29 is 4.79 Å². The predicted octanol–water partition coefficient (Wildman–Crippen LogP) is 3.24. The molecule has 3 nitrogen and oxygen atoms in total. The summed E-state index contributed by atoms with van der Waals surface area (Å²) in [4.78, 5) is 14.6. The monoisotopic (exact) mass is 356 g/mol. The number of anilines is 2. The van der Waals surface area contributed by atoms with Crippen molar-refractivity contribution in [2.24, 2.45) is 5.41 Å². The summed E-state index contributed by atoms with van der Waals surface area (Å²) in [6.45, 7) is 5.37. The van der Waals surface area contributed by atoms with E-state index in [0.717, 1.165) is 28.6 Å². The number of nitrogens with zero attached hydrogens (tertiary/aromatic N) is 1. The third-order valence-electron chi connectivity index (χ3n) is 4.05. The van der Waals surface area contributed by atoms with Crippen molar-refractivity contribution in [3.8, 4) is 0 Å². The van der Waals surface area contributed by atoms with Crippen LogP contribution in [0.15, 0.2) is 18.2 Å². The summed E-state index contributed by atoms with van der Waals surface area (Å²) in [5.41, 5.74) is 2.18. The van der Waals surface area contributed by atoms with E-state index in [1.807, 2.05) is 6.07 Å². The minimum atomic E-state index is -0.0289. The first-order valence-corrected chi connectivity index (χ1v) is 7.44. The van der Waals surface area contributed by atoms with Crippen molar-refractivity contribution in [3.63, 3.8) is 0 Å². The van der Waals surface area contributed by atoms with Crippen LogP contribution in [0.5, 0.6) is 0 Å². The summed E-state index contributed by atoms with van der Waals surface area (Å²) >= 11 is 2.28. The molecule has 4 heteroatoms. The Hall–Kier alpha value is -0.780. The highest BCUT2D eigenvalue weighted by atomic mass is 127. The van der Waals surface area contributed by atoms with Crippen molar-refractivity contribution in [3.05, 3.63) is 21.8 Å². The second-order valence-electron chi connectivity index (χ2n) is 5.84. The Balaban J connectivity index is 2.09. The number of hydrogen-bond donors (Lipinski definition) is 1. The summed E-state index contributed by atoms with van der Waals surface area (Å²) in [7, 11) is 0. The van der Waals surface area contributed by atoms with E-state index in [1.54, 1.807) is 0 Å². The first-order chi connectivity index (χ1) is 8.49. The van der Waals surface area contributed by atoms with E-state index < -0.39 is 0 Å². The molecule has 2 aliphatic heterocycles. The Morgan fingerprint density at radius 2 is 2.22 bits per heavy atom. The molecule has 1 amide bonds. The zero-order valence-corrected chi connectivity index (χ0v) is 12.8. The van der Waals surface area contributed by atoms with Gasteiger partial charge in [0.15, 0.2) is 0 Å². The van der Waals surface area contributed by atoms with Gasteiger partial charge in [-0.2, -0.15) is 0 Å². The predicted molar refractivity (Wildman–Crippen MR) is 81.9 cm³/mol. The summed E-state index contributed by atoms with van der Waals surface area (Å²) in [6, 6.07) is 6.25. The number of carbonyl (C=O) groups excluding carboxylic acids is 1. The lowest BCUT2D eigenvalue weighted by Crippen LogP contribution is -2.58. The highest BCUT2D eigenvalue weighted by Crippen LogP contribution is 2.43. The average molecular weight is 356 g/mol. The maximum atomic E-state index is 12.4.